The minimum absolute atomic E-state index is 0.0356. The van der Waals surface area contributed by atoms with E-state index in [0.29, 0.717) is 32.1 Å². The summed E-state index contributed by atoms with van der Waals surface area (Å²) < 4.78 is 68.5. The number of ether oxygens (including phenoxy) is 4. The minimum atomic E-state index is -5.00. The second-order valence-corrected chi connectivity index (χ2v) is 29.1. The van der Waals surface area contributed by atoms with Gasteiger partial charge in [-0.05, 0) is 141 Å². The normalized spacial score (nSPS) is 14.6. The Kier molecular flexibility index (Phi) is 72.4. The Bertz CT molecular complexity index is 2540. The Balaban J connectivity index is 5.37. The molecule has 0 bridgehead atoms. The quantitative estimate of drug-likeness (QED) is 0.0169. The Hall–Kier alpha value is -5.06. The number of phosphoric ester groups is 2. The van der Waals surface area contributed by atoms with Gasteiger partial charge in [-0.3, -0.25) is 37.3 Å². The van der Waals surface area contributed by atoms with Crippen molar-refractivity contribution in [2.24, 2.45) is 0 Å². The van der Waals surface area contributed by atoms with E-state index in [1.165, 1.54) is 38.5 Å². The summed E-state index contributed by atoms with van der Waals surface area (Å²) in [5.74, 6) is -2.25. The standard InChI is InChI=1S/C85H142O17P2/c1-5-9-13-17-21-25-29-32-35-37-39-41-44-46-50-53-57-61-65-69-82(87)95-75-80(101-84(89)71-67-63-59-55-49-28-24-20-16-12-8-4)77-99-103(91,92)97-73-79(86)74-98-104(93,94)100-78-81(102-85(90)72-68-64-60-56-52-48-43-34-31-27-23-19-15-11-7-3)76-96-83(88)70-66-62-58-54-51-47-45-42-40-38-36-33-30-26-22-18-14-10-6-2/h9-11,13-15,21-23,25-27,32-36,39-43,52,56,79-81,86H,5-8,12,16-20,24,28-31,37-38,44-51,53-55,57-78H2,1-4H3,(H,91,92)(H,93,94)/b13-9-,14-10-,15-11-,25-21-,26-22-,27-23-,35-32-,36-33-,41-39-,42-40-,43-34-,56-52-. The lowest BCUT2D eigenvalue weighted by molar-refractivity contribution is -0.161. The molecule has 0 aliphatic rings. The van der Waals surface area contributed by atoms with Crippen molar-refractivity contribution in [1.29, 1.82) is 0 Å². The van der Waals surface area contributed by atoms with Gasteiger partial charge in [-0.25, -0.2) is 9.13 Å². The first-order chi connectivity index (χ1) is 50.7. The molecule has 0 aromatic rings. The van der Waals surface area contributed by atoms with Crippen LogP contribution in [0.1, 0.15) is 310 Å². The number of unbranched alkanes of at least 4 members (excludes halogenated alkanes) is 24. The predicted octanol–water partition coefficient (Wildman–Crippen LogP) is 23.4. The molecule has 0 aromatic heterocycles. The maximum absolute atomic E-state index is 13.1. The second kappa shape index (κ2) is 76.1. The maximum atomic E-state index is 13.1. The fourth-order valence-corrected chi connectivity index (χ4v) is 11.9. The first kappa shape index (κ1) is 98.9. The average molecular weight is 1500 g/mol. The van der Waals surface area contributed by atoms with Crippen LogP contribution in [0.25, 0.3) is 0 Å². The predicted molar refractivity (Wildman–Crippen MR) is 427 cm³/mol. The molecule has 0 aromatic carbocycles. The zero-order valence-corrected chi connectivity index (χ0v) is 66.7. The number of aliphatic hydroxyl groups is 1. The van der Waals surface area contributed by atoms with Gasteiger partial charge in [-0.1, -0.05) is 289 Å². The number of rotatable bonds is 74. The lowest BCUT2D eigenvalue weighted by atomic mass is 10.1. The summed E-state index contributed by atoms with van der Waals surface area (Å²) in [5, 5.41) is 10.6. The van der Waals surface area contributed by atoms with Crippen LogP contribution in [0.3, 0.4) is 0 Å². The van der Waals surface area contributed by atoms with Crippen LogP contribution in [0.2, 0.25) is 0 Å². The Morgan fingerprint density at radius 3 is 0.788 bits per heavy atom. The zero-order chi connectivity index (χ0) is 76.0. The Morgan fingerprint density at radius 2 is 0.500 bits per heavy atom. The summed E-state index contributed by atoms with van der Waals surface area (Å²) in [6, 6.07) is 0. The molecule has 5 atom stereocenters. The van der Waals surface area contributed by atoms with Gasteiger partial charge in [-0.15, -0.1) is 0 Å². The number of aliphatic hydroxyl groups excluding tert-OH is 1. The molecule has 0 heterocycles. The maximum Gasteiger partial charge on any atom is 0.472 e. The molecule has 17 nitrogen and oxygen atoms in total. The molecule has 0 aliphatic carbocycles. The van der Waals surface area contributed by atoms with Crippen molar-refractivity contribution in [3.63, 3.8) is 0 Å². The van der Waals surface area contributed by atoms with Gasteiger partial charge in [0.05, 0.1) is 26.4 Å². The summed E-state index contributed by atoms with van der Waals surface area (Å²) in [6.07, 6.45) is 86.9. The van der Waals surface area contributed by atoms with Crippen molar-refractivity contribution < 1.29 is 80.2 Å². The number of allylic oxidation sites excluding steroid dienone is 24. The van der Waals surface area contributed by atoms with Crippen LogP contribution in [0, 0.1) is 0 Å². The molecule has 0 saturated heterocycles. The third kappa shape index (κ3) is 75.2. The second-order valence-electron chi connectivity index (χ2n) is 26.2. The smallest absolute Gasteiger partial charge is 0.462 e. The van der Waals surface area contributed by atoms with Crippen LogP contribution in [-0.2, 0) is 65.4 Å². The van der Waals surface area contributed by atoms with E-state index in [0.717, 1.165) is 186 Å². The summed E-state index contributed by atoms with van der Waals surface area (Å²) >= 11 is 0. The van der Waals surface area contributed by atoms with Crippen molar-refractivity contribution in [3.8, 4) is 0 Å². The minimum Gasteiger partial charge on any atom is -0.462 e. The van der Waals surface area contributed by atoms with Crippen LogP contribution < -0.4 is 0 Å². The van der Waals surface area contributed by atoms with Gasteiger partial charge in [0.2, 0.25) is 0 Å². The summed E-state index contributed by atoms with van der Waals surface area (Å²) in [7, 11) is -9.98. The molecule has 594 valence electrons. The molecular formula is C85H142O17P2. The highest BCUT2D eigenvalue weighted by Crippen LogP contribution is 2.45. The first-order valence-electron chi connectivity index (χ1n) is 40.1. The third-order valence-electron chi connectivity index (χ3n) is 16.3. The molecule has 0 radical (unpaired) electrons. The molecule has 0 aliphatic heterocycles. The average Bonchev–Trinajstić information content (AvgIpc) is 0.929. The van der Waals surface area contributed by atoms with Gasteiger partial charge >= 0.3 is 39.5 Å². The third-order valence-corrected chi connectivity index (χ3v) is 18.2. The topological polar surface area (TPSA) is 237 Å². The summed E-state index contributed by atoms with van der Waals surface area (Å²) in [6.45, 7) is 4.45. The van der Waals surface area contributed by atoms with Gasteiger partial charge in [0, 0.05) is 25.7 Å². The van der Waals surface area contributed by atoms with Gasteiger partial charge < -0.3 is 33.8 Å². The molecule has 0 rings (SSSR count). The van der Waals surface area contributed by atoms with Gasteiger partial charge in [-0.2, -0.15) is 0 Å². The van der Waals surface area contributed by atoms with E-state index in [9.17, 15) is 43.2 Å². The largest absolute Gasteiger partial charge is 0.472 e. The van der Waals surface area contributed by atoms with E-state index in [-0.39, 0.29) is 25.7 Å². The van der Waals surface area contributed by atoms with Crippen LogP contribution in [0.4, 0.5) is 0 Å². The van der Waals surface area contributed by atoms with Gasteiger partial charge in [0.15, 0.2) is 12.2 Å². The van der Waals surface area contributed by atoms with E-state index in [1.807, 2.05) is 0 Å². The van der Waals surface area contributed by atoms with E-state index >= 15 is 0 Å². The number of esters is 4. The number of carbonyl (C=O) groups excluding carboxylic acids is 4. The molecule has 19 heteroatoms. The van der Waals surface area contributed by atoms with Crippen LogP contribution in [0.15, 0.2) is 146 Å². The number of hydrogen-bond acceptors (Lipinski definition) is 15. The van der Waals surface area contributed by atoms with Crippen LogP contribution in [-0.4, -0.2) is 96.7 Å². The highest BCUT2D eigenvalue weighted by Gasteiger charge is 2.30. The van der Waals surface area contributed by atoms with Crippen LogP contribution >= 0.6 is 15.6 Å². The van der Waals surface area contributed by atoms with Crippen molar-refractivity contribution >= 4 is 39.5 Å². The lowest BCUT2D eigenvalue weighted by Gasteiger charge is -2.21. The first-order valence-corrected chi connectivity index (χ1v) is 43.1. The zero-order valence-electron chi connectivity index (χ0n) is 64.9. The fraction of sp³-hybridized carbons (Fsp3) is 0.671. The van der Waals surface area contributed by atoms with Crippen molar-refractivity contribution in [1.82, 2.24) is 0 Å². The fourth-order valence-electron chi connectivity index (χ4n) is 10.3. The lowest BCUT2D eigenvalue weighted by Crippen LogP contribution is -2.30. The van der Waals surface area contributed by atoms with E-state index in [4.69, 9.17) is 37.0 Å². The van der Waals surface area contributed by atoms with Crippen LogP contribution in [0.5, 0.6) is 0 Å². The molecular weight excluding hydrogens is 1350 g/mol. The highest BCUT2D eigenvalue weighted by molar-refractivity contribution is 7.47. The SMILES string of the molecule is CC/C=C\C/C=C\C/C=C\C/C=C\CCCCCCCCC(=O)OCC(COP(=O)(O)OCC(O)COP(=O)(O)OCC(COC(=O)CCCCCCCC/C=C\C/C=C\C/C=C\C/C=C\CC)OC(=O)CCCCCCCCCCCCC)OC(=O)CCCC/C=C\C/C=C\C/C=C\C/C=C\CC. The Morgan fingerprint density at radius 1 is 0.279 bits per heavy atom. The van der Waals surface area contributed by atoms with E-state index < -0.39 is 97.5 Å². The highest BCUT2D eigenvalue weighted by atomic mass is 31.2. The van der Waals surface area contributed by atoms with E-state index in [2.05, 4.69) is 174 Å². The molecule has 104 heavy (non-hydrogen) atoms. The van der Waals surface area contributed by atoms with Crippen molar-refractivity contribution in [2.45, 2.75) is 329 Å². The Labute approximate surface area is 630 Å². The number of phosphoric acid groups is 2. The summed E-state index contributed by atoms with van der Waals surface area (Å²) in [5.41, 5.74) is 0. The molecule has 0 spiro atoms. The van der Waals surface area contributed by atoms with Crippen molar-refractivity contribution in [2.75, 3.05) is 39.6 Å². The van der Waals surface area contributed by atoms with Gasteiger partial charge in [0.25, 0.3) is 0 Å². The molecule has 0 saturated carbocycles. The number of carbonyl (C=O) groups is 4. The summed E-state index contributed by atoms with van der Waals surface area (Å²) in [4.78, 5) is 73.0. The molecule has 0 fully saturated rings. The molecule has 0 amide bonds. The van der Waals surface area contributed by atoms with Crippen molar-refractivity contribution in [3.05, 3.63) is 146 Å². The number of hydrogen-bond donors (Lipinski definition) is 3. The monoisotopic (exact) mass is 1500 g/mol. The van der Waals surface area contributed by atoms with E-state index in [1.54, 1.807) is 0 Å². The molecule has 5 unspecified atom stereocenters. The van der Waals surface area contributed by atoms with Gasteiger partial charge in [0.1, 0.15) is 19.3 Å². The molecule has 3 N–H and O–H groups in total.